The third-order valence-electron chi connectivity index (χ3n) is 15.6. The van der Waals surface area contributed by atoms with Crippen LogP contribution in [0.4, 0.5) is 0 Å². The van der Waals surface area contributed by atoms with Crippen LogP contribution in [0.25, 0.3) is 10.8 Å². The van der Waals surface area contributed by atoms with Crippen LogP contribution in [0.3, 0.4) is 0 Å². The number of carbonyl (C=O) groups excluding carboxylic acids is 6. The third kappa shape index (κ3) is 27.3. The maximum atomic E-state index is 12.3. The Hall–Kier alpha value is -4.79. The second kappa shape index (κ2) is 43.7. The largest absolute Gasteiger partial charge is 0.461 e. The number of rotatable bonds is 24. The molecule has 0 aliphatic carbocycles. The van der Waals surface area contributed by atoms with Crippen molar-refractivity contribution in [3.8, 4) is 23.0 Å². The molecule has 1 aliphatic heterocycles. The van der Waals surface area contributed by atoms with Gasteiger partial charge >= 0.3 is 29.8 Å². The number of esters is 5. The molecule has 5 atom stereocenters. The van der Waals surface area contributed by atoms with E-state index in [4.69, 9.17) is 23.7 Å². The molecule has 11 rings (SSSR count). The number of Topliss-reactive ketones (excluding diaryl/α,β-unsaturated/α-hetero) is 1. The molecule has 0 N–H and O–H groups in total. The lowest BCUT2D eigenvalue weighted by molar-refractivity contribution is -0.150. The third-order valence-corrected chi connectivity index (χ3v) is 31.0. The van der Waals surface area contributed by atoms with Crippen LogP contribution in [0.5, 0.6) is 23.0 Å². The Bertz CT molecular complexity index is 4520. The second-order valence-corrected chi connectivity index (χ2v) is 50.1. The number of halogens is 6. The van der Waals surface area contributed by atoms with E-state index < -0.39 is 21.3 Å². The van der Waals surface area contributed by atoms with E-state index in [1.54, 1.807) is 26.0 Å². The molecular formula is C82H78I6O13S5+4. The molecule has 552 valence electrons. The summed E-state index contributed by atoms with van der Waals surface area (Å²) in [4.78, 5) is 81.7. The average molecular weight is 2190 g/mol. The molecule has 1 aliphatic rings. The van der Waals surface area contributed by atoms with Gasteiger partial charge in [-0.05, 0) is 234 Å². The number of fused-ring (bicyclic) bond motifs is 1. The van der Waals surface area contributed by atoms with Gasteiger partial charge < -0.3 is 23.7 Å². The first-order valence-corrected chi connectivity index (χ1v) is 48.1. The monoisotopic (exact) mass is 2190 g/mol. The molecule has 0 radical (unpaired) electrons. The maximum Gasteiger partial charge on any atom is 0.347 e. The number of alkyl halides is 6. The highest BCUT2D eigenvalue weighted by atomic mass is 127. The maximum absolute atomic E-state index is 12.3. The van der Waals surface area contributed by atoms with Gasteiger partial charge in [0.2, 0.25) is 5.22 Å². The minimum Gasteiger partial charge on any atom is -0.461 e. The van der Waals surface area contributed by atoms with E-state index >= 15 is 0 Å². The standard InChI is InChI=1S/C25H24IO4S.C20H14I3O2S.C19H20IO3S.C18H20IO4S2/c1-18(29-25(28)19(2)26)17-24(27)30-20-13-15-23(16-14-20)31(21-9-5-3-6-10-21)22-11-7-4-8-12-22;21-20(22,23)19(24)25-15-11-13-18(14-12-15)26(16-7-3-1-4-8-16)17-9-5-2-6-10-17;1-3-17(20)19(22)23-15-9-11-16(12-10-15)24(2)13-18(21)14-7-5-4-6-8-14;1-2-15(19)18(20)23-16-7-8-17(14-6-4-3-5-13(14)16)24-9-11-25(21,22)12-10-24/h3-16,18-19H,17H2,1-2H3;1-14H;4-12,17H,3,13H2,1-2H3;3-8,15H,2,9-12H2,1H3/q4*+1. The number of hydrogen-bond donors (Lipinski definition) is 0. The lowest BCUT2D eigenvalue weighted by Gasteiger charge is -2.17. The van der Waals surface area contributed by atoms with E-state index in [0.29, 0.717) is 40.3 Å². The van der Waals surface area contributed by atoms with Crippen molar-refractivity contribution in [2.75, 3.05) is 35.0 Å². The van der Waals surface area contributed by atoms with E-state index in [1.165, 1.54) is 29.4 Å². The Morgan fingerprint density at radius 1 is 0.453 bits per heavy atom. The molecule has 0 amide bonds. The highest BCUT2D eigenvalue weighted by Crippen LogP contribution is 2.39. The SMILES string of the molecule is CC(CC(=O)Oc1ccc([S+](c2ccccc2)c2ccccc2)cc1)OC(=O)C(C)I.CCC(I)C(=O)Oc1ccc([S+](C)CC(=O)c2ccccc2)cc1.CCC(I)C(=O)Oc1ccc([S+]2CCS(=O)(=O)CC2)c2ccccc12.O=C(Oc1ccc([S+](c2ccccc2)c2ccccc2)cc1)C(I)(I)I. The number of hydrogen-bond acceptors (Lipinski definition) is 13. The molecule has 1 fully saturated rings. The zero-order valence-corrected chi connectivity index (χ0v) is 75.4. The summed E-state index contributed by atoms with van der Waals surface area (Å²) >= 11 is 12.3. The molecule has 10 aromatic carbocycles. The molecule has 13 nitrogen and oxygen atoms in total. The van der Waals surface area contributed by atoms with E-state index in [1.807, 2.05) is 212 Å². The zero-order chi connectivity index (χ0) is 76.3. The summed E-state index contributed by atoms with van der Waals surface area (Å²) in [5.74, 6) is 3.18. The van der Waals surface area contributed by atoms with Gasteiger partial charge in [-0.2, -0.15) is 0 Å². The smallest absolute Gasteiger partial charge is 0.347 e. The topological polar surface area (TPSA) is 183 Å². The Kier molecular flexibility index (Phi) is 35.8. The highest BCUT2D eigenvalue weighted by Gasteiger charge is 2.36. The van der Waals surface area contributed by atoms with Gasteiger partial charge in [0.1, 0.15) is 58.6 Å². The molecule has 24 heteroatoms. The van der Waals surface area contributed by atoms with Gasteiger partial charge in [-0.15, -0.1) is 0 Å². The molecule has 1 saturated heterocycles. The van der Waals surface area contributed by atoms with Crippen molar-refractivity contribution in [1.29, 1.82) is 0 Å². The highest BCUT2D eigenvalue weighted by molar-refractivity contribution is 14.3. The molecule has 0 bridgehead atoms. The first-order chi connectivity index (χ1) is 50.8. The Labute approximate surface area is 714 Å². The summed E-state index contributed by atoms with van der Waals surface area (Å²) in [6.45, 7) is 7.34. The fraction of sp³-hybridized carbons (Fsp3) is 0.220. The Morgan fingerprint density at radius 2 is 0.830 bits per heavy atom. The number of ketones is 1. The molecule has 0 spiro atoms. The van der Waals surface area contributed by atoms with Crippen molar-refractivity contribution in [2.45, 2.75) is 103 Å². The van der Waals surface area contributed by atoms with Crippen molar-refractivity contribution < 1.29 is 60.9 Å². The van der Waals surface area contributed by atoms with Gasteiger partial charge in [0, 0.05) is 38.1 Å². The van der Waals surface area contributed by atoms with Gasteiger partial charge in [-0.3, -0.25) is 24.0 Å². The summed E-state index contributed by atoms with van der Waals surface area (Å²) in [6.07, 6.45) is 3.01. The van der Waals surface area contributed by atoms with E-state index in [0.717, 1.165) is 39.0 Å². The minimum absolute atomic E-state index is 0.00918. The number of benzene rings is 10. The van der Waals surface area contributed by atoms with Crippen LogP contribution in [0.15, 0.2) is 300 Å². The van der Waals surface area contributed by atoms with Gasteiger partial charge in [-0.25, -0.2) is 13.2 Å². The fourth-order valence-corrected chi connectivity index (χ4v) is 21.6. The van der Waals surface area contributed by atoms with E-state index in [9.17, 15) is 37.2 Å². The molecule has 10 aromatic rings. The van der Waals surface area contributed by atoms with E-state index in [2.05, 4.69) is 192 Å². The second-order valence-electron chi connectivity index (χ2n) is 23.5. The van der Waals surface area contributed by atoms with Crippen LogP contribution in [0, 0.1) is 0 Å². The fourth-order valence-electron chi connectivity index (χ4n) is 10.1. The number of ether oxygens (including phenoxy) is 5. The van der Waals surface area contributed by atoms with Crippen LogP contribution in [0.1, 0.15) is 57.3 Å². The Morgan fingerprint density at radius 3 is 1.25 bits per heavy atom. The first-order valence-electron chi connectivity index (χ1n) is 33.5. The van der Waals surface area contributed by atoms with Crippen molar-refractivity contribution in [3.63, 3.8) is 0 Å². The summed E-state index contributed by atoms with van der Waals surface area (Å²) in [5.41, 5.74) is 0.745. The van der Waals surface area contributed by atoms with E-state index in [-0.39, 0.29) is 103 Å². The van der Waals surface area contributed by atoms with Gasteiger partial charge in [0.05, 0.1) is 39.7 Å². The molecule has 0 saturated carbocycles. The van der Waals surface area contributed by atoms with Crippen LogP contribution in [0.2, 0.25) is 0 Å². The first kappa shape index (κ1) is 86.8. The van der Waals surface area contributed by atoms with Crippen molar-refractivity contribution in [2.24, 2.45) is 0 Å². The number of sulfone groups is 1. The van der Waals surface area contributed by atoms with Crippen LogP contribution >= 0.6 is 136 Å². The molecule has 106 heavy (non-hydrogen) atoms. The lowest BCUT2D eigenvalue weighted by atomic mass is 10.1. The van der Waals surface area contributed by atoms with Gasteiger partial charge in [0.25, 0.3) is 0 Å². The summed E-state index contributed by atoms with van der Waals surface area (Å²) in [6, 6.07) is 85.6. The normalized spacial score (nSPS) is 13.9. The average Bonchev–Trinajstić information content (AvgIpc) is 0.783. The van der Waals surface area contributed by atoms with Crippen LogP contribution in [-0.4, -0.2) is 96.4 Å². The summed E-state index contributed by atoms with van der Waals surface area (Å²) in [7, 11) is -3.60. The van der Waals surface area contributed by atoms with Crippen molar-refractivity contribution >= 4 is 235 Å². The van der Waals surface area contributed by atoms with Gasteiger partial charge in [-0.1, -0.05) is 203 Å². The summed E-state index contributed by atoms with van der Waals surface area (Å²) in [5, 5.41) is 1.96. The van der Waals surface area contributed by atoms with Crippen molar-refractivity contribution in [1.82, 2.24) is 0 Å². The van der Waals surface area contributed by atoms with Crippen LogP contribution in [-0.2, 0) is 82.1 Å². The molecule has 0 aromatic heterocycles. The molecular weight excluding hydrogens is 2110 g/mol. The van der Waals surface area contributed by atoms with Gasteiger partial charge in [0.15, 0.2) is 54.8 Å². The molecule has 1 heterocycles. The Balaban J connectivity index is 0.000000179. The minimum atomic E-state index is -2.88. The summed E-state index contributed by atoms with van der Waals surface area (Å²) < 4.78 is 49.3. The predicted molar refractivity (Wildman–Crippen MR) is 482 cm³/mol. The van der Waals surface area contributed by atoms with Crippen LogP contribution < -0.4 is 18.9 Å². The molecule has 5 unspecified atom stereocenters. The quantitative estimate of drug-likeness (QED) is 0.0139. The lowest BCUT2D eigenvalue weighted by Crippen LogP contribution is -2.32. The number of carbonyl (C=O) groups is 6. The zero-order valence-electron chi connectivity index (χ0n) is 58.4. The van der Waals surface area contributed by atoms with Crippen molar-refractivity contribution in [3.05, 3.63) is 266 Å². The predicted octanol–water partition coefficient (Wildman–Crippen LogP) is 20.1.